The Morgan fingerprint density at radius 1 is 0.917 bits per heavy atom. The van der Waals surface area contributed by atoms with Gasteiger partial charge in [-0.1, -0.05) is 23.7 Å². The average molecular weight is 698 g/mol. The zero-order chi connectivity index (χ0) is 34.7. The summed E-state index contributed by atoms with van der Waals surface area (Å²) in [5.41, 5.74) is -2.02. The van der Waals surface area contributed by atoms with E-state index in [-0.39, 0.29) is 39.1 Å². The van der Waals surface area contributed by atoms with Gasteiger partial charge in [-0.3, -0.25) is 4.68 Å². The first kappa shape index (κ1) is 33.5. The van der Waals surface area contributed by atoms with Crippen molar-refractivity contribution in [1.29, 1.82) is 0 Å². The summed E-state index contributed by atoms with van der Waals surface area (Å²) in [4.78, 5) is 4.19. The number of ether oxygens (including phenoxy) is 1. The maximum atomic E-state index is 14.3. The van der Waals surface area contributed by atoms with Crippen LogP contribution in [0.5, 0.6) is 0 Å². The van der Waals surface area contributed by atoms with Crippen molar-refractivity contribution in [2.45, 2.75) is 43.6 Å². The number of halogens is 8. The molecule has 3 N–H and O–H groups in total. The van der Waals surface area contributed by atoms with Crippen LogP contribution in [0.1, 0.15) is 29.4 Å². The molecule has 48 heavy (non-hydrogen) atoms. The van der Waals surface area contributed by atoms with Crippen molar-refractivity contribution >= 4 is 11.6 Å². The Kier molecular flexibility index (Phi) is 8.80. The third-order valence-corrected chi connectivity index (χ3v) is 8.04. The molecule has 1 saturated heterocycles. The van der Waals surface area contributed by atoms with Crippen molar-refractivity contribution in [3.05, 3.63) is 106 Å². The summed E-state index contributed by atoms with van der Waals surface area (Å²) < 4.78 is 106. The second-order valence-electron chi connectivity index (χ2n) is 11.0. The fraction of sp³-hybridized carbons (Fsp3) is 0.258. The molecule has 5 aromatic rings. The standard InChI is InChI=1S/C31H23ClF7N5O4/c1-13-40-30(44(41-13)22-10-16(32)5-6-19(22)31(37,38)39)29-28(47)26(27(46)23(12-45)48-29)43-11-18(15-8-20(34)24(36)21(35)9-15)25(42-43)14-3-2-4-17(33)7-14/h2-11,23,26-29,45-47H,12H2,1H3/t23?,26-,27-,28?,29+/m0/s1. The van der Waals surface area contributed by atoms with Gasteiger partial charge in [-0.05, 0) is 55.0 Å². The van der Waals surface area contributed by atoms with Gasteiger partial charge in [-0.15, -0.1) is 0 Å². The predicted octanol–water partition coefficient (Wildman–Crippen LogP) is 5.73. The first-order valence-corrected chi connectivity index (χ1v) is 14.5. The number of aliphatic hydroxyl groups is 3. The lowest BCUT2D eigenvalue weighted by Crippen LogP contribution is -2.53. The summed E-state index contributed by atoms with van der Waals surface area (Å²) in [5, 5.41) is 41.5. The Hall–Kier alpha value is -4.35. The second-order valence-corrected chi connectivity index (χ2v) is 11.4. The molecule has 0 radical (unpaired) electrons. The number of nitrogens with zero attached hydrogens (tertiary/aromatic N) is 5. The lowest BCUT2D eigenvalue weighted by Gasteiger charge is -2.42. The molecule has 1 aliphatic heterocycles. The van der Waals surface area contributed by atoms with Crippen molar-refractivity contribution in [1.82, 2.24) is 24.5 Å². The molecule has 0 bridgehead atoms. The number of aryl methyl sites for hydroxylation is 1. The number of aliphatic hydroxyl groups excluding tert-OH is 3. The number of benzene rings is 3. The van der Waals surface area contributed by atoms with Crippen molar-refractivity contribution in [2.75, 3.05) is 6.61 Å². The maximum absolute atomic E-state index is 14.3. The van der Waals surface area contributed by atoms with Crippen LogP contribution >= 0.6 is 11.6 Å². The van der Waals surface area contributed by atoms with E-state index in [4.69, 9.17) is 16.3 Å². The van der Waals surface area contributed by atoms with Gasteiger partial charge in [-0.2, -0.15) is 23.4 Å². The minimum absolute atomic E-state index is 0.0350. The summed E-state index contributed by atoms with van der Waals surface area (Å²) in [6, 6.07) is 7.46. The van der Waals surface area contributed by atoms with Crippen LogP contribution in [0.2, 0.25) is 5.02 Å². The molecule has 252 valence electrons. The third-order valence-electron chi connectivity index (χ3n) is 7.81. The third kappa shape index (κ3) is 6.05. The van der Waals surface area contributed by atoms with E-state index in [1.54, 1.807) is 0 Å². The first-order valence-electron chi connectivity index (χ1n) is 14.1. The van der Waals surface area contributed by atoms with Crippen molar-refractivity contribution in [3.63, 3.8) is 0 Å². The van der Waals surface area contributed by atoms with Gasteiger partial charge >= 0.3 is 6.18 Å². The van der Waals surface area contributed by atoms with Crippen LogP contribution in [0, 0.1) is 30.2 Å². The topological polar surface area (TPSA) is 118 Å². The fourth-order valence-corrected chi connectivity index (χ4v) is 5.82. The predicted molar refractivity (Wildman–Crippen MR) is 155 cm³/mol. The van der Waals surface area contributed by atoms with Crippen LogP contribution in [-0.2, 0) is 10.9 Å². The first-order chi connectivity index (χ1) is 22.7. The largest absolute Gasteiger partial charge is 0.418 e. The van der Waals surface area contributed by atoms with E-state index >= 15 is 0 Å². The zero-order valence-corrected chi connectivity index (χ0v) is 25.1. The molecule has 0 spiro atoms. The SMILES string of the molecule is Cc1nc([C@@H]2OC(CO)[C@H](O)[C@H](n3cc(-c4cc(F)c(F)c(F)c4)c(-c4cccc(F)c4)n3)C2O)n(-c2cc(Cl)ccc2C(F)(F)F)n1. The molecule has 0 amide bonds. The van der Waals surface area contributed by atoms with Crippen LogP contribution in [0.4, 0.5) is 30.7 Å². The van der Waals surface area contributed by atoms with Crippen molar-refractivity contribution < 1.29 is 50.8 Å². The monoisotopic (exact) mass is 697 g/mol. The van der Waals surface area contributed by atoms with Crippen LogP contribution in [0.15, 0.2) is 60.8 Å². The average Bonchev–Trinajstić information content (AvgIpc) is 3.63. The summed E-state index contributed by atoms with van der Waals surface area (Å²) >= 11 is 6.04. The molecule has 3 heterocycles. The Morgan fingerprint density at radius 3 is 2.27 bits per heavy atom. The Balaban J connectivity index is 1.51. The minimum Gasteiger partial charge on any atom is -0.394 e. The molecule has 9 nitrogen and oxygen atoms in total. The van der Waals surface area contributed by atoms with Crippen molar-refractivity contribution in [3.8, 4) is 28.1 Å². The number of aromatic nitrogens is 5. The number of rotatable bonds is 6. The Labute approximate surface area is 271 Å². The summed E-state index contributed by atoms with van der Waals surface area (Å²) in [5.74, 6) is -5.91. The normalized spacial score (nSPS) is 21.5. The van der Waals surface area contributed by atoms with Crippen LogP contribution in [0.25, 0.3) is 28.1 Å². The van der Waals surface area contributed by atoms with E-state index in [1.807, 2.05) is 0 Å². The van der Waals surface area contributed by atoms with E-state index in [9.17, 15) is 46.1 Å². The Bertz CT molecular complexity index is 1980. The molecule has 3 aromatic carbocycles. The van der Waals surface area contributed by atoms with E-state index in [2.05, 4.69) is 15.2 Å². The van der Waals surface area contributed by atoms with Gasteiger partial charge in [0.2, 0.25) is 0 Å². The number of hydrogen-bond acceptors (Lipinski definition) is 7. The summed E-state index contributed by atoms with van der Waals surface area (Å²) in [6.45, 7) is 0.521. The molecular weight excluding hydrogens is 675 g/mol. The van der Waals surface area contributed by atoms with E-state index in [0.29, 0.717) is 12.1 Å². The number of alkyl halides is 3. The molecule has 6 rings (SSSR count). The highest BCUT2D eigenvalue weighted by atomic mass is 35.5. The summed E-state index contributed by atoms with van der Waals surface area (Å²) in [6.07, 6.45) is -10.5. The highest BCUT2D eigenvalue weighted by Gasteiger charge is 2.49. The van der Waals surface area contributed by atoms with Crippen LogP contribution in [-0.4, -0.2) is 64.8 Å². The molecule has 2 unspecified atom stereocenters. The number of hydrogen-bond donors (Lipinski definition) is 3. The molecular formula is C31H23ClF7N5O4. The minimum atomic E-state index is -4.87. The van der Waals surface area contributed by atoms with Gasteiger partial charge in [-0.25, -0.2) is 27.2 Å². The van der Waals surface area contributed by atoms with E-state index < -0.39 is 77.8 Å². The fourth-order valence-electron chi connectivity index (χ4n) is 5.66. The maximum Gasteiger partial charge on any atom is 0.418 e. The van der Waals surface area contributed by atoms with E-state index in [0.717, 1.165) is 45.9 Å². The lowest BCUT2D eigenvalue weighted by atomic mass is 9.92. The molecule has 2 aromatic heterocycles. The van der Waals surface area contributed by atoms with Gasteiger partial charge in [0.15, 0.2) is 23.3 Å². The van der Waals surface area contributed by atoms with Gasteiger partial charge < -0.3 is 20.1 Å². The second kappa shape index (κ2) is 12.6. The van der Waals surface area contributed by atoms with Crippen molar-refractivity contribution in [2.24, 2.45) is 0 Å². The molecule has 1 aliphatic rings. The van der Waals surface area contributed by atoms with Crippen LogP contribution in [0.3, 0.4) is 0 Å². The highest BCUT2D eigenvalue weighted by molar-refractivity contribution is 6.30. The summed E-state index contributed by atoms with van der Waals surface area (Å²) in [7, 11) is 0. The zero-order valence-electron chi connectivity index (χ0n) is 24.4. The van der Waals surface area contributed by atoms with E-state index in [1.165, 1.54) is 19.1 Å². The van der Waals surface area contributed by atoms with Crippen LogP contribution < -0.4 is 0 Å². The van der Waals surface area contributed by atoms with Gasteiger partial charge in [0.1, 0.15) is 47.8 Å². The highest BCUT2D eigenvalue weighted by Crippen LogP contribution is 2.42. The smallest absolute Gasteiger partial charge is 0.394 e. The molecule has 5 atom stereocenters. The lowest BCUT2D eigenvalue weighted by molar-refractivity contribution is -0.210. The Morgan fingerprint density at radius 2 is 1.62 bits per heavy atom. The molecule has 0 saturated carbocycles. The van der Waals surface area contributed by atoms with Gasteiger partial charge in [0, 0.05) is 22.3 Å². The van der Waals surface area contributed by atoms with Gasteiger partial charge in [0.05, 0.1) is 17.9 Å². The van der Waals surface area contributed by atoms with Gasteiger partial charge in [0.25, 0.3) is 0 Å². The quantitative estimate of drug-likeness (QED) is 0.153. The molecule has 17 heteroatoms. The molecule has 1 fully saturated rings. The molecule has 0 aliphatic carbocycles.